The highest BCUT2D eigenvalue weighted by atomic mass is 32.2. The third-order valence-corrected chi connectivity index (χ3v) is 6.51. The lowest BCUT2D eigenvalue weighted by Gasteiger charge is -2.13. The second-order valence-corrected chi connectivity index (χ2v) is 8.58. The van der Waals surface area contributed by atoms with Crippen molar-refractivity contribution < 1.29 is 23.1 Å². The topological polar surface area (TPSA) is 104 Å². The van der Waals surface area contributed by atoms with Crippen LogP contribution in [0.2, 0.25) is 0 Å². The summed E-state index contributed by atoms with van der Waals surface area (Å²) in [6.07, 6.45) is 0. The predicted octanol–water partition coefficient (Wildman–Crippen LogP) is 2.44. The average Bonchev–Trinajstić information content (AvgIpc) is 3.04. The van der Waals surface area contributed by atoms with Crippen LogP contribution < -0.4 is 5.32 Å². The van der Waals surface area contributed by atoms with Gasteiger partial charge in [-0.3, -0.25) is 9.59 Å². The number of amides is 1. The summed E-state index contributed by atoms with van der Waals surface area (Å²) in [4.78, 5) is 23.6. The van der Waals surface area contributed by atoms with E-state index in [1.54, 1.807) is 31.2 Å². The van der Waals surface area contributed by atoms with Gasteiger partial charge in [0.15, 0.2) is 0 Å². The summed E-state index contributed by atoms with van der Waals surface area (Å²) in [7, 11) is -0.941. The van der Waals surface area contributed by atoms with Crippen molar-refractivity contribution in [3.63, 3.8) is 0 Å². The first kappa shape index (κ1) is 19.1. The van der Waals surface area contributed by atoms with Crippen LogP contribution >= 0.6 is 11.3 Å². The monoisotopic (exact) mass is 382 g/mol. The number of nitrogens with one attached hydrogen (secondary N) is 1. The van der Waals surface area contributed by atoms with Gasteiger partial charge >= 0.3 is 5.97 Å². The largest absolute Gasteiger partial charge is 0.481 e. The van der Waals surface area contributed by atoms with E-state index in [1.165, 1.54) is 25.5 Å². The summed E-state index contributed by atoms with van der Waals surface area (Å²) < 4.78 is 25.6. The van der Waals surface area contributed by atoms with E-state index in [-0.39, 0.29) is 9.77 Å². The van der Waals surface area contributed by atoms with Gasteiger partial charge in [-0.15, -0.1) is 11.3 Å². The number of carbonyl (C=O) groups excluding carboxylic acids is 1. The van der Waals surface area contributed by atoms with E-state index in [9.17, 15) is 18.0 Å². The molecule has 9 heteroatoms. The number of carboxylic acid groups (broad SMARTS) is 1. The molecule has 25 heavy (non-hydrogen) atoms. The molecule has 0 aliphatic carbocycles. The highest BCUT2D eigenvalue weighted by Crippen LogP contribution is 2.26. The molecule has 2 aromatic rings. The Morgan fingerprint density at radius 3 is 2.52 bits per heavy atom. The van der Waals surface area contributed by atoms with Crippen molar-refractivity contribution >= 4 is 38.9 Å². The zero-order valence-corrected chi connectivity index (χ0v) is 15.5. The summed E-state index contributed by atoms with van der Waals surface area (Å²) >= 11 is 1.02. The zero-order chi connectivity index (χ0) is 18.8. The summed E-state index contributed by atoms with van der Waals surface area (Å²) in [5.41, 5.74) is 0.940. The van der Waals surface area contributed by atoms with Crippen LogP contribution in [0.1, 0.15) is 28.1 Å². The minimum Gasteiger partial charge on any atom is -0.481 e. The number of rotatable bonds is 6. The molecule has 1 aromatic carbocycles. The molecule has 0 aliphatic rings. The molecule has 1 heterocycles. The van der Waals surface area contributed by atoms with Crippen LogP contribution in [-0.2, 0) is 14.8 Å². The summed E-state index contributed by atoms with van der Waals surface area (Å²) in [5.74, 6) is -2.25. The SMILES string of the molecule is CC(C(=O)O)c1cccc(NC(=O)c2sccc2S(=O)(=O)N(C)C)c1. The Morgan fingerprint density at radius 2 is 1.92 bits per heavy atom. The Hall–Kier alpha value is -2.23. The van der Waals surface area contributed by atoms with E-state index in [1.807, 2.05) is 0 Å². The molecule has 1 amide bonds. The maximum Gasteiger partial charge on any atom is 0.310 e. The normalized spacial score (nSPS) is 12.8. The highest BCUT2D eigenvalue weighted by Gasteiger charge is 2.26. The minimum atomic E-state index is -3.73. The van der Waals surface area contributed by atoms with Crippen molar-refractivity contribution in [3.8, 4) is 0 Å². The molecule has 0 radical (unpaired) electrons. The number of carboxylic acids is 1. The molecule has 0 saturated heterocycles. The van der Waals surface area contributed by atoms with Crippen molar-refractivity contribution in [1.29, 1.82) is 0 Å². The molecule has 0 spiro atoms. The molecular formula is C16H18N2O5S2. The number of aliphatic carboxylic acids is 1. The Balaban J connectivity index is 2.29. The molecule has 0 saturated carbocycles. The molecule has 0 aliphatic heterocycles. The highest BCUT2D eigenvalue weighted by molar-refractivity contribution is 7.89. The van der Waals surface area contributed by atoms with Crippen LogP contribution in [0, 0.1) is 0 Å². The first-order valence-corrected chi connectivity index (χ1v) is 9.60. The zero-order valence-electron chi connectivity index (χ0n) is 13.9. The van der Waals surface area contributed by atoms with Crippen molar-refractivity contribution in [2.45, 2.75) is 17.7 Å². The average molecular weight is 382 g/mol. The van der Waals surface area contributed by atoms with E-state index in [2.05, 4.69) is 5.32 Å². The van der Waals surface area contributed by atoms with Crippen LogP contribution in [0.3, 0.4) is 0 Å². The lowest BCUT2D eigenvalue weighted by Crippen LogP contribution is -2.24. The van der Waals surface area contributed by atoms with E-state index in [0.717, 1.165) is 15.6 Å². The van der Waals surface area contributed by atoms with Gasteiger partial charge in [-0.05, 0) is 36.1 Å². The van der Waals surface area contributed by atoms with E-state index < -0.39 is 27.8 Å². The minimum absolute atomic E-state index is 0.0601. The van der Waals surface area contributed by atoms with Gasteiger partial charge in [0.1, 0.15) is 9.77 Å². The van der Waals surface area contributed by atoms with Gasteiger partial charge in [0.2, 0.25) is 10.0 Å². The quantitative estimate of drug-likeness (QED) is 0.799. The Labute approximate surface area is 150 Å². The van der Waals surface area contributed by atoms with E-state index >= 15 is 0 Å². The number of nitrogens with zero attached hydrogens (tertiary/aromatic N) is 1. The predicted molar refractivity (Wildman–Crippen MR) is 95.6 cm³/mol. The van der Waals surface area contributed by atoms with Crippen molar-refractivity contribution in [3.05, 3.63) is 46.2 Å². The van der Waals surface area contributed by atoms with E-state index in [4.69, 9.17) is 5.11 Å². The number of thiophene rings is 1. The molecule has 2 N–H and O–H groups in total. The number of sulfonamides is 1. The molecule has 0 bridgehead atoms. The molecule has 1 aromatic heterocycles. The summed E-state index contributed by atoms with van der Waals surface area (Å²) in [5, 5.41) is 13.2. The van der Waals surface area contributed by atoms with Gasteiger partial charge in [-0.25, -0.2) is 12.7 Å². The third-order valence-electron chi connectivity index (χ3n) is 3.61. The third kappa shape index (κ3) is 4.06. The molecule has 0 fully saturated rings. The molecule has 1 atom stereocenters. The second kappa shape index (κ2) is 7.34. The maximum atomic E-state index is 12.5. The number of hydrogen-bond donors (Lipinski definition) is 2. The van der Waals surface area contributed by atoms with Crippen LogP contribution in [-0.4, -0.2) is 43.8 Å². The Morgan fingerprint density at radius 1 is 1.24 bits per heavy atom. The standard InChI is InChI=1S/C16H18N2O5S2/c1-10(16(20)21)11-5-4-6-12(9-11)17-15(19)14-13(7-8-24-14)25(22,23)18(2)3/h4-10H,1-3H3,(H,17,19)(H,20,21). The number of anilines is 1. The van der Waals surface area contributed by atoms with Crippen molar-refractivity contribution in [2.24, 2.45) is 0 Å². The summed E-state index contributed by atoms with van der Waals surface area (Å²) in [6, 6.07) is 7.85. The van der Waals surface area contributed by atoms with Gasteiger partial charge in [-0.1, -0.05) is 12.1 Å². The van der Waals surface area contributed by atoms with Gasteiger partial charge < -0.3 is 10.4 Å². The fourth-order valence-corrected chi connectivity index (χ4v) is 4.27. The molecular weight excluding hydrogens is 364 g/mol. The van der Waals surface area contributed by atoms with Crippen LogP contribution in [0.25, 0.3) is 0 Å². The lowest BCUT2D eigenvalue weighted by atomic mass is 10.0. The lowest BCUT2D eigenvalue weighted by molar-refractivity contribution is -0.138. The van der Waals surface area contributed by atoms with Crippen LogP contribution in [0.4, 0.5) is 5.69 Å². The van der Waals surface area contributed by atoms with Crippen molar-refractivity contribution in [1.82, 2.24) is 4.31 Å². The Bertz CT molecular complexity index is 903. The van der Waals surface area contributed by atoms with Gasteiger partial charge in [0.05, 0.1) is 5.92 Å². The molecule has 134 valence electrons. The first-order valence-electron chi connectivity index (χ1n) is 7.28. The fourth-order valence-electron chi connectivity index (χ4n) is 2.08. The van der Waals surface area contributed by atoms with Gasteiger partial charge in [-0.2, -0.15) is 0 Å². The van der Waals surface area contributed by atoms with E-state index in [0.29, 0.717) is 11.3 Å². The molecule has 1 unspecified atom stereocenters. The van der Waals surface area contributed by atoms with Gasteiger partial charge in [0, 0.05) is 19.8 Å². The van der Waals surface area contributed by atoms with Crippen molar-refractivity contribution in [2.75, 3.05) is 19.4 Å². The van der Waals surface area contributed by atoms with Gasteiger partial charge in [0.25, 0.3) is 5.91 Å². The number of benzene rings is 1. The second-order valence-electron chi connectivity index (χ2n) is 5.54. The van der Waals surface area contributed by atoms with Crippen LogP contribution in [0.5, 0.6) is 0 Å². The molecule has 2 rings (SSSR count). The fraction of sp³-hybridized carbons (Fsp3) is 0.250. The smallest absolute Gasteiger partial charge is 0.310 e. The summed E-state index contributed by atoms with van der Waals surface area (Å²) in [6.45, 7) is 1.55. The maximum absolute atomic E-state index is 12.5. The molecule has 7 nitrogen and oxygen atoms in total. The number of hydrogen-bond acceptors (Lipinski definition) is 5. The first-order chi connectivity index (χ1) is 11.6. The Kier molecular flexibility index (Phi) is 5.61. The van der Waals surface area contributed by atoms with Crippen LogP contribution in [0.15, 0.2) is 40.6 Å². The number of carbonyl (C=O) groups is 2.